The number of anilines is 1. The van der Waals surface area contributed by atoms with Crippen LogP contribution in [-0.4, -0.2) is 17.0 Å². The molecule has 4 nitrogen and oxygen atoms in total. The molecule has 0 aliphatic carbocycles. The molecule has 24 heavy (non-hydrogen) atoms. The number of amides is 1. The fourth-order valence-electron chi connectivity index (χ4n) is 2.91. The number of hydrogen-bond acceptors (Lipinski definition) is 2. The maximum absolute atomic E-state index is 11.9. The Morgan fingerprint density at radius 2 is 1.83 bits per heavy atom. The standard InChI is InChI=1S/C20H23N3O/c21-18-8-3-1-6-16(18)10-11-20(24)22-13-5-14-23-15-12-17-7-2-4-9-19(17)23/h1-4,6-9,12,15H,5,10-11,13-14,21H2,(H,22,24). The van der Waals surface area contributed by atoms with Crippen molar-refractivity contribution in [2.24, 2.45) is 0 Å². The zero-order valence-corrected chi connectivity index (χ0v) is 13.7. The number of benzene rings is 2. The van der Waals surface area contributed by atoms with Crippen molar-refractivity contribution in [3.8, 4) is 0 Å². The molecular formula is C20H23N3O. The summed E-state index contributed by atoms with van der Waals surface area (Å²) in [5, 5.41) is 4.24. The van der Waals surface area contributed by atoms with E-state index < -0.39 is 0 Å². The first kappa shape index (κ1) is 16.1. The predicted molar refractivity (Wildman–Crippen MR) is 98.7 cm³/mol. The molecule has 1 aromatic heterocycles. The van der Waals surface area contributed by atoms with Crippen LogP contribution < -0.4 is 11.1 Å². The van der Waals surface area contributed by atoms with Crippen LogP contribution in [0.2, 0.25) is 0 Å². The molecule has 124 valence electrons. The minimum Gasteiger partial charge on any atom is -0.399 e. The molecule has 0 saturated heterocycles. The Morgan fingerprint density at radius 1 is 1.04 bits per heavy atom. The van der Waals surface area contributed by atoms with Crippen LogP contribution in [0.15, 0.2) is 60.8 Å². The molecule has 1 amide bonds. The lowest BCUT2D eigenvalue weighted by Gasteiger charge is -2.08. The maximum Gasteiger partial charge on any atom is 0.220 e. The summed E-state index contributed by atoms with van der Waals surface area (Å²) in [5.74, 6) is 0.0793. The number of nitrogens with one attached hydrogen (secondary N) is 1. The number of aryl methyl sites for hydroxylation is 2. The summed E-state index contributed by atoms with van der Waals surface area (Å²) < 4.78 is 2.23. The SMILES string of the molecule is Nc1ccccc1CCC(=O)NCCCn1ccc2ccccc21. The fraction of sp³-hybridized carbons (Fsp3) is 0.250. The van der Waals surface area contributed by atoms with Crippen molar-refractivity contribution in [2.75, 3.05) is 12.3 Å². The zero-order chi connectivity index (χ0) is 16.8. The van der Waals surface area contributed by atoms with Gasteiger partial charge in [-0.1, -0.05) is 36.4 Å². The van der Waals surface area contributed by atoms with Crippen molar-refractivity contribution in [2.45, 2.75) is 25.8 Å². The van der Waals surface area contributed by atoms with Crippen molar-refractivity contribution in [3.05, 3.63) is 66.4 Å². The average molecular weight is 321 g/mol. The zero-order valence-electron chi connectivity index (χ0n) is 13.7. The number of nitrogens with two attached hydrogens (primary N) is 1. The molecule has 1 heterocycles. The van der Waals surface area contributed by atoms with Crippen LogP contribution in [0.3, 0.4) is 0 Å². The van der Waals surface area contributed by atoms with Gasteiger partial charge in [0.1, 0.15) is 0 Å². The van der Waals surface area contributed by atoms with Crippen LogP contribution in [0.5, 0.6) is 0 Å². The molecule has 2 aromatic carbocycles. The molecular weight excluding hydrogens is 298 g/mol. The van der Waals surface area contributed by atoms with E-state index >= 15 is 0 Å². The van der Waals surface area contributed by atoms with Gasteiger partial charge in [0.25, 0.3) is 0 Å². The number of rotatable bonds is 7. The lowest BCUT2D eigenvalue weighted by molar-refractivity contribution is -0.121. The number of nitrogens with zero attached hydrogens (tertiary/aromatic N) is 1. The van der Waals surface area contributed by atoms with Gasteiger partial charge in [0.15, 0.2) is 0 Å². The van der Waals surface area contributed by atoms with E-state index in [1.165, 1.54) is 10.9 Å². The molecule has 4 heteroatoms. The third kappa shape index (κ3) is 3.96. The van der Waals surface area contributed by atoms with E-state index in [-0.39, 0.29) is 5.91 Å². The van der Waals surface area contributed by atoms with E-state index in [0.29, 0.717) is 19.4 Å². The van der Waals surface area contributed by atoms with Crippen LogP contribution in [0.4, 0.5) is 5.69 Å². The molecule has 0 fully saturated rings. The monoisotopic (exact) mass is 321 g/mol. The average Bonchev–Trinajstić information content (AvgIpc) is 3.01. The molecule has 3 aromatic rings. The van der Waals surface area contributed by atoms with E-state index in [0.717, 1.165) is 24.2 Å². The first-order valence-electron chi connectivity index (χ1n) is 8.38. The highest BCUT2D eigenvalue weighted by molar-refractivity contribution is 5.80. The molecule has 0 saturated carbocycles. The Balaban J connectivity index is 1.40. The molecule has 0 aliphatic heterocycles. The van der Waals surface area contributed by atoms with E-state index in [2.05, 4.69) is 40.3 Å². The van der Waals surface area contributed by atoms with Crippen LogP contribution in [0.1, 0.15) is 18.4 Å². The molecule has 0 aliphatic rings. The highest BCUT2D eigenvalue weighted by Gasteiger charge is 2.04. The molecule has 0 unspecified atom stereocenters. The number of aromatic nitrogens is 1. The highest BCUT2D eigenvalue weighted by atomic mass is 16.1. The lowest BCUT2D eigenvalue weighted by atomic mass is 10.1. The summed E-state index contributed by atoms with van der Waals surface area (Å²) in [6.45, 7) is 1.59. The quantitative estimate of drug-likeness (QED) is 0.518. The highest BCUT2D eigenvalue weighted by Crippen LogP contribution is 2.15. The number of carbonyl (C=O) groups excluding carboxylic acids is 1. The van der Waals surface area contributed by atoms with Crippen LogP contribution in [-0.2, 0) is 17.8 Å². The predicted octanol–water partition coefficient (Wildman–Crippen LogP) is 3.36. The topological polar surface area (TPSA) is 60.1 Å². The van der Waals surface area contributed by atoms with Gasteiger partial charge >= 0.3 is 0 Å². The summed E-state index contributed by atoms with van der Waals surface area (Å²) in [6, 6.07) is 18.2. The minimum absolute atomic E-state index is 0.0793. The number of hydrogen-bond donors (Lipinski definition) is 2. The number of fused-ring (bicyclic) bond motifs is 1. The van der Waals surface area contributed by atoms with Crippen molar-refractivity contribution < 1.29 is 4.79 Å². The second-order valence-corrected chi connectivity index (χ2v) is 5.97. The van der Waals surface area contributed by atoms with Gasteiger partial charge in [0.2, 0.25) is 5.91 Å². The second kappa shape index (κ2) is 7.68. The van der Waals surface area contributed by atoms with Crippen LogP contribution >= 0.6 is 0 Å². The van der Waals surface area contributed by atoms with Gasteiger partial charge in [-0.25, -0.2) is 0 Å². The van der Waals surface area contributed by atoms with E-state index in [1.807, 2.05) is 30.3 Å². The van der Waals surface area contributed by atoms with Gasteiger partial charge in [-0.3, -0.25) is 4.79 Å². The Labute approximate surface area is 142 Å². The van der Waals surface area contributed by atoms with Gasteiger partial charge in [-0.05, 0) is 42.0 Å². The third-order valence-electron chi connectivity index (χ3n) is 4.25. The Morgan fingerprint density at radius 3 is 2.71 bits per heavy atom. The van der Waals surface area contributed by atoms with E-state index in [9.17, 15) is 4.79 Å². The number of para-hydroxylation sites is 2. The van der Waals surface area contributed by atoms with Crippen molar-refractivity contribution in [1.29, 1.82) is 0 Å². The van der Waals surface area contributed by atoms with Crippen molar-refractivity contribution in [1.82, 2.24) is 9.88 Å². The first-order valence-corrected chi connectivity index (χ1v) is 8.38. The minimum atomic E-state index is 0.0793. The third-order valence-corrected chi connectivity index (χ3v) is 4.25. The summed E-state index contributed by atoms with van der Waals surface area (Å²) in [6.07, 6.45) is 4.17. The first-order chi connectivity index (χ1) is 11.7. The van der Waals surface area contributed by atoms with E-state index in [1.54, 1.807) is 0 Å². The Bertz CT molecular complexity index is 822. The molecule has 0 bridgehead atoms. The van der Waals surface area contributed by atoms with Gasteiger partial charge in [0, 0.05) is 36.9 Å². The second-order valence-electron chi connectivity index (χ2n) is 5.97. The maximum atomic E-state index is 11.9. The smallest absolute Gasteiger partial charge is 0.220 e. The van der Waals surface area contributed by atoms with Crippen LogP contribution in [0.25, 0.3) is 10.9 Å². The van der Waals surface area contributed by atoms with Gasteiger partial charge in [-0.2, -0.15) is 0 Å². The number of carbonyl (C=O) groups is 1. The summed E-state index contributed by atoms with van der Waals surface area (Å²) in [4.78, 5) is 11.9. The van der Waals surface area contributed by atoms with Crippen molar-refractivity contribution >= 4 is 22.5 Å². The van der Waals surface area contributed by atoms with Gasteiger partial charge in [-0.15, -0.1) is 0 Å². The Hall–Kier alpha value is -2.75. The fourth-order valence-corrected chi connectivity index (χ4v) is 2.91. The molecule has 0 spiro atoms. The molecule has 0 radical (unpaired) electrons. The van der Waals surface area contributed by atoms with Gasteiger partial charge in [0.05, 0.1) is 0 Å². The number of nitrogen functional groups attached to an aromatic ring is 1. The summed E-state index contributed by atoms with van der Waals surface area (Å²) in [7, 11) is 0. The normalized spacial score (nSPS) is 10.8. The van der Waals surface area contributed by atoms with Crippen LogP contribution in [0, 0.1) is 0 Å². The molecule has 0 atom stereocenters. The van der Waals surface area contributed by atoms with E-state index in [4.69, 9.17) is 5.73 Å². The summed E-state index contributed by atoms with van der Waals surface area (Å²) >= 11 is 0. The summed E-state index contributed by atoms with van der Waals surface area (Å²) in [5.41, 5.74) is 8.92. The molecule has 3 rings (SSSR count). The van der Waals surface area contributed by atoms with Gasteiger partial charge < -0.3 is 15.6 Å². The molecule has 3 N–H and O–H groups in total. The van der Waals surface area contributed by atoms with Crippen molar-refractivity contribution in [3.63, 3.8) is 0 Å². The Kier molecular flexibility index (Phi) is 5.16. The largest absolute Gasteiger partial charge is 0.399 e. The lowest BCUT2D eigenvalue weighted by Crippen LogP contribution is -2.25.